The molecule has 0 unspecified atom stereocenters. The summed E-state index contributed by atoms with van der Waals surface area (Å²) in [6, 6.07) is 14.7. The van der Waals surface area contributed by atoms with Crippen molar-refractivity contribution in [1.82, 2.24) is 9.78 Å². The fourth-order valence-electron chi connectivity index (χ4n) is 3.58. The summed E-state index contributed by atoms with van der Waals surface area (Å²) in [4.78, 5) is 27.1. The van der Waals surface area contributed by atoms with Gasteiger partial charge in [-0.1, -0.05) is 35.9 Å². The van der Waals surface area contributed by atoms with E-state index in [-0.39, 0.29) is 18.4 Å². The Kier molecular flexibility index (Phi) is 4.65. The summed E-state index contributed by atoms with van der Waals surface area (Å²) < 4.78 is 6.60. The molecule has 2 heterocycles. The maximum Gasteiger partial charge on any atom is 0.315 e. The van der Waals surface area contributed by atoms with Gasteiger partial charge in [0.15, 0.2) is 0 Å². The Balaban J connectivity index is 1.70. The molecule has 3 aromatic rings. The van der Waals surface area contributed by atoms with Gasteiger partial charge in [-0.15, -0.1) is 0 Å². The van der Waals surface area contributed by atoms with Crippen LogP contribution in [0.3, 0.4) is 0 Å². The summed E-state index contributed by atoms with van der Waals surface area (Å²) in [7, 11) is 1.36. The lowest BCUT2D eigenvalue weighted by molar-refractivity contribution is -0.141. The molecule has 6 nitrogen and oxygen atoms in total. The van der Waals surface area contributed by atoms with Crippen molar-refractivity contribution >= 4 is 29.2 Å². The Morgan fingerprint density at radius 1 is 1.18 bits per heavy atom. The Hall–Kier alpha value is -3.12. The minimum Gasteiger partial charge on any atom is -0.468 e. The number of nitrogens with zero attached hydrogens (tertiary/aromatic N) is 3. The third kappa shape index (κ3) is 2.96. The molecule has 0 saturated heterocycles. The number of hydrogen-bond donors (Lipinski definition) is 0. The lowest BCUT2D eigenvalue weighted by atomic mass is 10.0. The second-order valence-corrected chi connectivity index (χ2v) is 7.02. The number of benzene rings is 2. The fraction of sp³-hybridized carbons (Fsp3) is 0.190. The summed E-state index contributed by atoms with van der Waals surface area (Å²) >= 11 is 6.08. The largest absolute Gasteiger partial charge is 0.468 e. The van der Waals surface area contributed by atoms with Gasteiger partial charge in [0.2, 0.25) is 0 Å². The van der Waals surface area contributed by atoms with Gasteiger partial charge in [0, 0.05) is 17.3 Å². The first-order chi connectivity index (χ1) is 13.5. The number of carbonyl (C=O) groups excluding carboxylic acids is 2. The lowest BCUT2D eigenvalue weighted by Gasteiger charge is -2.17. The summed E-state index contributed by atoms with van der Waals surface area (Å²) in [6.07, 6.45) is 1.55. The molecule has 7 heteroatoms. The molecule has 0 fully saturated rings. The highest BCUT2D eigenvalue weighted by molar-refractivity contribution is 6.30. The van der Waals surface area contributed by atoms with Crippen molar-refractivity contribution in [2.75, 3.05) is 18.6 Å². The molecule has 0 aliphatic carbocycles. The van der Waals surface area contributed by atoms with Gasteiger partial charge in [-0.3, -0.25) is 9.59 Å². The number of fused-ring (bicyclic) bond motifs is 1. The molecule has 4 rings (SSSR count). The van der Waals surface area contributed by atoms with Gasteiger partial charge in [-0.25, -0.2) is 4.68 Å². The number of halogens is 1. The van der Waals surface area contributed by atoms with E-state index in [1.165, 1.54) is 7.11 Å². The third-order valence-corrected chi connectivity index (χ3v) is 5.23. The minimum atomic E-state index is -0.492. The SMILES string of the molecule is COC(=O)[C@@H]1CN(C(=O)c2cnn(-c3cccc(Cl)c3)c2C)c2ccccc21. The van der Waals surface area contributed by atoms with E-state index in [2.05, 4.69) is 5.10 Å². The van der Waals surface area contributed by atoms with E-state index in [0.29, 0.717) is 16.3 Å². The number of methoxy groups -OCH3 is 1. The Bertz CT molecular complexity index is 1080. The zero-order chi connectivity index (χ0) is 19.8. The molecule has 1 aliphatic rings. The van der Waals surface area contributed by atoms with Crippen LogP contribution in [0.4, 0.5) is 5.69 Å². The van der Waals surface area contributed by atoms with Crippen molar-refractivity contribution in [1.29, 1.82) is 0 Å². The second-order valence-electron chi connectivity index (χ2n) is 6.59. The standard InChI is InChI=1S/C21H18ClN3O3/c1-13-17(11-23-25(13)15-7-5-6-14(22)10-15)20(26)24-12-18(21(27)28-2)16-8-3-4-9-19(16)24/h3-11,18H,12H2,1-2H3/t18-/m1/s1. The summed E-state index contributed by atoms with van der Waals surface area (Å²) in [6.45, 7) is 2.08. The quantitative estimate of drug-likeness (QED) is 0.633. The molecule has 1 aromatic heterocycles. The number of para-hydroxylation sites is 1. The van der Waals surface area contributed by atoms with E-state index < -0.39 is 5.92 Å². The van der Waals surface area contributed by atoms with Gasteiger partial charge in [-0.05, 0) is 36.8 Å². The monoisotopic (exact) mass is 395 g/mol. The van der Waals surface area contributed by atoms with Gasteiger partial charge in [0.05, 0.1) is 30.3 Å². The van der Waals surface area contributed by atoms with Crippen molar-refractivity contribution in [2.24, 2.45) is 0 Å². The van der Waals surface area contributed by atoms with Crippen LogP contribution in [-0.4, -0.2) is 35.3 Å². The van der Waals surface area contributed by atoms with Crippen LogP contribution < -0.4 is 4.90 Å². The van der Waals surface area contributed by atoms with Crippen LogP contribution in [0.1, 0.15) is 27.5 Å². The van der Waals surface area contributed by atoms with E-state index in [9.17, 15) is 9.59 Å². The molecule has 0 saturated carbocycles. The van der Waals surface area contributed by atoms with E-state index in [4.69, 9.17) is 16.3 Å². The average Bonchev–Trinajstić information content (AvgIpc) is 3.28. The number of amides is 1. The highest BCUT2D eigenvalue weighted by Crippen LogP contribution is 2.38. The minimum absolute atomic E-state index is 0.204. The molecular weight excluding hydrogens is 378 g/mol. The lowest BCUT2D eigenvalue weighted by Crippen LogP contribution is -2.31. The number of anilines is 1. The van der Waals surface area contributed by atoms with Crippen molar-refractivity contribution < 1.29 is 14.3 Å². The Morgan fingerprint density at radius 2 is 1.96 bits per heavy atom. The predicted molar refractivity (Wildman–Crippen MR) is 106 cm³/mol. The van der Waals surface area contributed by atoms with Crippen LogP contribution in [0.15, 0.2) is 54.7 Å². The van der Waals surface area contributed by atoms with E-state index >= 15 is 0 Å². The molecule has 1 atom stereocenters. The molecule has 0 bridgehead atoms. The first-order valence-electron chi connectivity index (χ1n) is 8.80. The van der Waals surface area contributed by atoms with Gasteiger partial charge < -0.3 is 9.64 Å². The van der Waals surface area contributed by atoms with Crippen molar-refractivity contribution in [3.63, 3.8) is 0 Å². The Morgan fingerprint density at radius 3 is 2.71 bits per heavy atom. The highest BCUT2D eigenvalue weighted by Gasteiger charge is 2.38. The predicted octanol–water partition coefficient (Wildman–Crippen LogP) is 3.75. The van der Waals surface area contributed by atoms with Crippen molar-refractivity contribution in [3.8, 4) is 5.69 Å². The number of carbonyl (C=O) groups is 2. The first kappa shape index (κ1) is 18.3. The maximum absolute atomic E-state index is 13.3. The van der Waals surface area contributed by atoms with Gasteiger partial charge in [-0.2, -0.15) is 5.10 Å². The number of aromatic nitrogens is 2. The van der Waals surface area contributed by atoms with Gasteiger partial charge in [0.1, 0.15) is 5.92 Å². The highest BCUT2D eigenvalue weighted by atomic mass is 35.5. The number of rotatable bonds is 3. The number of esters is 1. The van der Waals surface area contributed by atoms with E-state index in [1.54, 1.807) is 27.9 Å². The van der Waals surface area contributed by atoms with E-state index in [1.807, 2.05) is 43.3 Å². The average molecular weight is 396 g/mol. The van der Waals surface area contributed by atoms with Gasteiger partial charge >= 0.3 is 5.97 Å². The zero-order valence-corrected chi connectivity index (χ0v) is 16.2. The van der Waals surface area contributed by atoms with Crippen molar-refractivity contribution in [3.05, 3.63) is 76.6 Å². The fourth-order valence-corrected chi connectivity index (χ4v) is 3.76. The topological polar surface area (TPSA) is 64.4 Å². The normalized spacial score (nSPS) is 15.4. The molecule has 0 N–H and O–H groups in total. The second kappa shape index (κ2) is 7.13. The van der Waals surface area contributed by atoms with Crippen LogP contribution in [0.25, 0.3) is 5.69 Å². The summed E-state index contributed by atoms with van der Waals surface area (Å²) in [5.74, 6) is -1.05. The van der Waals surface area contributed by atoms with Crippen LogP contribution in [-0.2, 0) is 9.53 Å². The Labute approximate surface area is 167 Å². The maximum atomic E-state index is 13.3. The third-order valence-electron chi connectivity index (χ3n) is 4.99. The van der Waals surface area contributed by atoms with Crippen LogP contribution >= 0.6 is 11.6 Å². The number of hydrogen-bond acceptors (Lipinski definition) is 4. The molecule has 1 aliphatic heterocycles. The molecule has 142 valence electrons. The smallest absolute Gasteiger partial charge is 0.315 e. The first-order valence-corrected chi connectivity index (χ1v) is 9.18. The molecule has 0 radical (unpaired) electrons. The molecule has 1 amide bonds. The molecule has 2 aromatic carbocycles. The number of ether oxygens (including phenoxy) is 1. The van der Waals surface area contributed by atoms with Gasteiger partial charge in [0.25, 0.3) is 5.91 Å². The van der Waals surface area contributed by atoms with Crippen LogP contribution in [0, 0.1) is 6.92 Å². The summed E-state index contributed by atoms with van der Waals surface area (Å²) in [5.41, 5.74) is 3.46. The molecular formula is C21H18ClN3O3. The van der Waals surface area contributed by atoms with E-state index in [0.717, 1.165) is 16.9 Å². The van der Waals surface area contributed by atoms with Crippen LogP contribution in [0.2, 0.25) is 5.02 Å². The summed E-state index contributed by atoms with van der Waals surface area (Å²) in [5, 5.41) is 4.96. The van der Waals surface area contributed by atoms with Crippen molar-refractivity contribution in [2.45, 2.75) is 12.8 Å². The van der Waals surface area contributed by atoms with Crippen LogP contribution in [0.5, 0.6) is 0 Å². The molecule has 0 spiro atoms. The molecule has 28 heavy (non-hydrogen) atoms. The zero-order valence-electron chi connectivity index (χ0n) is 15.4.